The maximum absolute atomic E-state index is 12.3. The maximum atomic E-state index is 12.3. The molecule has 1 aromatic heterocycles. The van der Waals surface area contributed by atoms with Gasteiger partial charge >= 0.3 is 0 Å². The zero-order chi connectivity index (χ0) is 14.9. The summed E-state index contributed by atoms with van der Waals surface area (Å²) >= 11 is 0. The fraction of sp³-hybridized carbons (Fsp3) is 0.353. The minimum atomic E-state index is -0.671. The molecular weight excluding hydrogens is 264 g/mol. The number of hydrogen-bond acceptors (Lipinski definition) is 2. The van der Waals surface area contributed by atoms with Gasteiger partial charge in [0.05, 0.1) is 18.7 Å². The molecule has 1 aliphatic rings. The van der Waals surface area contributed by atoms with Gasteiger partial charge in [-0.05, 0) is 42.8 Å². The molecule has 1 N–H and O–H groups in total. The number of aliphatic hydroxyl groups is 1. The molecule has 0 radical (unpaired) electrons. The van der Waals surface area contributed by atoms with Gasteiger partial charge in [-0.3, -0.25) is 4.79 Å². The molecule has 0 bridgehead atoms. The summed E-state index contributed by atoms with van der Waals surface area (Å²) in [5.41, 5.74) is 1.03. The van der Waals surface area contributed by atoms with E-state index in [-0.39, 0.29) is 5.91 Å². The van der Waals surface area contributed by atoms with Crippen LogP contribution in [0.4, 0.5) is 0 Å². The first-order valence-electron chi connectivity index (χ1n) is 7.36. The fourth-order valence-corrected chi connectivity index (χ4v) is 2.90. The van der Waals surface area contributed by atoms with Crippen molar-refractivity contribution in [2.75, 3.05) is 13.1 Å². The molecule has 1 aliphatic heterocycles. The first kappa shape index (κ1) is 13.9. The van der Waals surface area contributed by atoms with Gasteiger partial charge in [0.15, 0.2) is 0 Å². The molecule has 4 heteroatoms. The third kappa shape index (κ3) is 2.72. The summed E-state index contributed by atoms with van der Waals surface area (Å²) in [5.74, 6) is -0.00478. The van der Waals surface area contributed by atoms with Crippen molar-refractivity contribution in [3.8, 4) is 5.69 Å². The lowest BCUT2D eigenvalue weighted by Gasteiger charge is -2.46. The predicted molar refractivity (Wildman–Crippen MR) is 81.5 cm³/mol. The minimum Gasteiger partial charge on any atom is -0.386 e. The van der Waals surface area contributed by atoms with Crippen molar-refractivity contribution in [3.63, 3.8) is 0 Å². The van der Waals surface area contributed by atoms with Crippen LogP contribution in [0.1, 0.15) is 30.1 Å². The SMILES string of the molecule is CCCC1(O)CN(C(=O)c2ccc(-n3cccc3)cc2)C1. The molecule has 1 aromatic carbocycles. The van der Waals surface area contributed by atoms with Gasteiger partial charge in [-0.15, -0.1) is 0 Å². The first-order chi connectivity index (χ1) is 10.1. The standard InChI is InChI=1S/C17H20N2O2/c1-2-9-17(21)12-19(13-17)16(20)14-5-7-15(8-6-14)18-10-3-4-11-18/h3-8,10-11,21H,2,9,12-13H2,1H3. The van der Waals surface area contributed by atoms with E-state index in [1.807, 2.05) is 60.3 Å². The maximum Gasteiger partial charge on any atom is 0.254 e. The summed E-state index contributed by atoms with van der Waals surface area (Å²) < 4.78 is 2.00. The number of likely N-dealkylation sites (tertiary alicyclic amines) is 1. The summed E-state index contributed by atoms with van der Waals surface area (Å²) in [7, 11) is 0. The van der Waals surface area contributed by atoms with Crippen LogP contribution in [0.5, 0.6) is 0 Å². The third-order valence-electron chi connectivity index (χ3n) is 3.99. The highest BCUT2D eigenvalue weighted by molar-refractivity contribution is 5.95. The minimum absolute atomic E-state index is 0.00478. The first-order valence-corrected chi connectivity index (χ1v) is 7.36. The fourth-order valence-electron chi connectivity index (χ4n) is 2.90. The van der Waals surface area contributed by atoms with Crippen LogP contribution in [-0.4, -0.2) is 39.2 Å². The molecule has 0 aliphatic carbocycles. The van der Waals surface area contributed by atoms with Crippen molar-refractivity contribution in [2.45, 2.75) is 25.4 Å². The van der Waals surface area contributed by atoms with Gasteiger partial charge in [-0.1, -0.05) is 13.3 Å². The Morgan fingerprint density at radius 2 is 1.81 bits per heavy atom. The third-order valence-corrected chi connectivity index (χ3v) is 3.99. The van der Waals surface area contributed by atoms with Crippen LogP contribution in [0.15, 0.2) is 48.8 Å². The number of β-amino-alcohol motifs (C(OH)–C–C–N with tert-alkyl or cyclic N) is 1. The van der Waals surface area contributed by atoms with Crippen LogP contribution < -0.4 is 0 Å². The Bertz CT molecular complexity index is 611. The van der Waals surface area contributed by atoms with Crippen LogP contribution in [-0.2, 0) is 0 Å². The lowest BCUT2D eigenvalue weighted by molar-refractivity contribution is -0.0860. The van der Waals surface area contributed by atoms with E-state index in [0.717, 1.165) is 18.5 Å². The Morgan fingerprint density at radius 3 is 2.38 bits per heavy atom. The molecule has 21 heavy (non-hydrogen) atoms. The second-order valence-electron chi connectivity index (χ2n) is 5.77. The average molecular weight is 284 g/mol. The van der Waals surface area contributed by atoms with E-state index < -0.39 is 5.60 Å². The molecule has 0 saturated carbocycles. The van der Waals surface area contributed by atoms with Crippen molar-refractivity contribution >= 4 is 5.91 Å². The Labute approximate surface area is 124 Å². The smallest absolute Gasteiger partial charge is 0.254 e. The molecular formula is C17H20N2O2. The van der Waals surface area contributed by atoms with E-state index in [2.05, 4.69) is 0 Å². The zero-order valence-corrected chi connectivity index (χ0v) is 12.2. The highest BCUT2D eigenvalue weighted by Crippen LogP contribution is 2.27. The number of nitrogens with zero attached hydrogens (tertiary/aromatic N) is 2. The van der Waals surface area contributed by atoms with Crippen LogP contribution in [0.3, 0.4) is 0 Å². The van der Waals surface area contributed by atoms with Gasteiger partial charge in [0, 0.05) is 23.6 Å². The number of amides is 1. The summed E-state index contributed by atoms with van der Waals surface area (Å²) in [6.45, 7) is 2.93. The van der Waals surface area contributed by atoms with Crippen LogP contribution >= 0.6 is 0 Å². The number of benzene rings is 1. The topological polar surface area (TPSA) is 45.5 Å². The van der Waals surface area contributed by atoms with Crippen molar-refractivity contribution < 1.29 is 9.90 Å². The molecule has 1 amide bonds. The Hall–Kier alpha value is -2.07. The molecule has 4 nitrogen and oxygen atoms in total. The summed E-state index contributed by atoms with van der Waals surface area (Å²) in [5, 5.41) is 10.1. The molecule has 2 heterocycles. The van der Waals surface area contributed by atoms with Crippen molar-refractivity contribution in [2.24, 2.45) is 0 Å². The average Bonchev–Trinajstić information content (AvgIpc) is 2.98. The van der Waals surface area contributed by atoms with Gasteiger partial charge in [0.1, 0.15) is 0 Å². The van der Waals surface area contributed by atoms with Crippen molar-refractivity contribution in [1.82, 2.24) is 9.47 Å². The Balaban J connectivity index is 1.67. The molecule has 1 fully saturated rings. The molecule has 1 saturated heterocycles. The largest absolute Gasteiger partial charge is 0.386 e. The van der Waals surface area contributed by atoms with E-state index in [1.54, 1.807) is 4.90 Å². The predicted octanol–water partition coefficient (Wildman–Crippen LogP) is 2.46. The highest BCUT2D eigenvalue weighted by Gasteiger charge is 2.42. The molecule has 110 valence electrons. The molecule has 3 rings (SSSR count). The summed E-state index contributed by atoms with van der Waals surface area (Å²) in [4.78, 5) is 14.0. The van der Waals surface area contributed by atoms with E-state index in [9.17, 15) is 9.90 Å². The highest BCUT2D eigenvalue weighted by atomic mass is 16.3. The second kappa shape index (κ2) is 5.37. The van der Waals surface area contributed by atoms with E-state index in [0.29, 0.717) is 18.7 Å². The number of aromatic nitrogens is 1. The number of carbonyl (C=O) groups is 1. The van der Waals surface area contributed by atoms with Crippen LogP contribution in [0.2, 0.25) is 0 Å². The second-order valence-corrected chi connectivity index (χ2v) is 5.77. The molecule has 0 unspecified atom stereocenters. The normalized spacial score (nSPS) is 16.6. The number of rotatable bonds is 4. The monoisotopic (exact) mass is 284 g/mol. The van der Waals surface area contributed by atoms with E-state index in [4.69, 9.17) is 0 Å². The number of carbonyl (C=O) groups excluding carboxylic acids is 1. The number of hydrogen-bond donors (Lipinski definition) is 1. The zero-order valence-electron chi connectivity index (χ0n) is 12.2. The van der Waals surface area contributed by atoms with Crippen molar-refractivity contribution in [3.05, 3.63) is 54.4 Å². The quantitative estimate of drug-likeness (QED) is 0.937. The van der Waals surface area contributed by atoms with Gasteiger partial charge in [0.25, 0.3) is 5.91 Å². The lowest BCUT2D eigenvalue weighted by atomic mass is 9.89. The van der Waals surface area contributed by atoms with Gasteiger partial charge < -0.3 is 14.6 Å². The lowest BCUT2D eigenvalue weighted by Crippen LogP contribution is -2.63. The Morgan fingerprint density at radius 1 is 1.19 bits per heavy atom. The van der Waals surface area contributed by atoms with Crippen LogP contribution in [0.25, 0.3) is 5.69 Å². The van der Waals surface area contributed by atoms with Gasteiger partial charge in [-0.25, -0.2) is 0 Å². The van der Waals surface area contributed by atoms with Gasteiger partial charge in [0.2, 0.25) is 0 Å². The van der Waals surface area contributed by atoms with Crippen molar-refractivity contribution in [1.29, 1.82) is 0 Å². The van der Waals surface area contributed by atoms with E-state index in [1.165, 1.54) is 0 Å². The van der Waals surface area contributed by atoms with E-state index >= 15 is 0 Å². The molecule has 0 spiro atoms. The Kier molecular flexibility index (Phi) is 3.55. The molecule has 2 aromatic rings. The van der Waals surface area contributed by atoms with Crippen LogP contribution in [0, 0.1) is 0 Å². The molecule has 0 atom stereocenters. The van der Waals surface area contributed by atoms with Gasteiger partial charge in [-0.2, -0.15) is 0 Å². The summed E-state index contributed by atoms with van der Waals surface area (Å²) in [6, 6.07) is 11.5. The summed E-state index contributed by atoms with van der Waals surface area (Å²) in [6.07, 6.45) is 5.63.